The molecule has 1 aliphatic carbocycles. The van der Waals surface area contributed by atoms with Crippen molar-refractivity contribution in [2.24, 2.45) is 11.8 Å². The van der Waals surface area contributed by atoms with E-state index < -0.39 is 10.0 Å². The van der Waals surface area contributed by atoms with E-state index in [4.69, 9.17) is 9.47 Å². The monoisotopic (exact) mass is 469 g/mol. The zero-order valence-corrected chi connectivity index (χ0v) is 19.9. The summed E-state index contributed by atoms with van der Waals surface area (Å²) in [5, 5.41) is 0. The summed E-state index contributed by atoms with van der Waals surface area (Å²) in [6.45, 7) is 3.92. The van der Waals surface area contributed by atoms with Gasteiger partial charge in [-0.25, -0.2) is 8.42 Å². The van der Waals surface area contributed by atoms with E-state index in [1.54, 1.807) is 12.1 Å². The van der Waals surface area contributed by atoms with Crippen molar-refractivity contribution in [1.82, 2.24) is 0 Å². The molecule has 0 aromatic heterocycles. The maximum atomic E-state index is 13.7. The molecule has 2 aliphatic heterocycles. The molecule has 0 amide bonds. The number of rotatable bonds is 7. The standard InChI is InChI=1S/C26H31NO5S/c1-2-18-5-7-21(8-6-18)27(17-19-3-4-19)33(29,30)22-9-10-25-23(15-22)24(28)16-26(32-25)20-11-13-31-14-12-20/h5-10,15,19-20,26H,2-4,11-14,16-17H2,1H3. The number of carbonyl (C=O) groups is 1. The summed E-state index contributed by atoms with van der Waals surface area (Å²) >= 11 is 0. The van der Waals surface area contributed by atoms with Crippen molar-refractivity contribution in [3.8, 4) is 5.75 Å². The van der Waals surface area contributed by atoms with Crippen LogP contribution in [-0.4, -0.2) is 40.1 Å². The van der Waals surface area contributed by atoms with E-state index in [2.05, 4.69) is 6.92 Å². The average Bonchev–Trinajstić information content (AvgIpc) is 3.67. The second kappa shape index (κ2) is 9.11. The van der Waals surface area contributed by atoms with Gasteiger partial charge in [-0.3, -0.25) is 9.10 Å². The summed E-state index contributed by atoms with van der Waals surface area (Å²) in [6, 6.07) is 12.5. The summed E-state index contributed by atoms with van der Waals surface area (Å²) in [7, 11) is -3.81. The normalized spacial score (nSPS) is 21.4. The Kier molecular flexibility index (Phi) is 6.18. The first kappa shape index (κ1) is 22.4. The molecular formula is C26H31NO5S. The number of ether oxygens (including phenoxy) is 2. The fourth-order valence-corrected chi connectivity index (χ4v) is 6.31. The predicted molar refractivity (Wildman–Crippen MR) is 126 cm³/mol. The summed E-state index contributed by atoms with van der Waals surface area (Å²) in [5.74, 6) is 1.11. The third-order valence-corrected chi connectivity index (χ3v) is 8.84. The van der Waals surface area contributed by atoms with Gasteiger partial charge in [0.2, 0.25) is 0 Å². The molecule has 33 heavy (non-hydrogen) atoms. The average molecular weight is 470 g/mol. The first-order valence-corrected chi connectivity index (χ1v) is 13.4. The molecule has 1 unspecified atom stereocenters. The number of benzene rings is 2. The molecule has 2 aromatic rings. The number of aryl methyl sites for hydroxylation is 1. The van der Waals surface area contributed by atoms with Gasteiger partial charge in [0.05, 0.1) is 16.1 Å². The van der Waals surface area contributed by atoms with E-state index in [1.807, 2.05) is 24.3 Å². The molecule has 2 aromatic carbocycles. The number of hydrogen-bond acceptors (Lipinski definition) is 5. The lowest BCUT2D eigenvalue weighted by Crippen LogP contribution is -2.37. The van der Waals surface area contributed by atoms with Gasteiger partial charge in [-0.05, 0) is 73.9 Å². The minimum absolute atomic E-state index is 0.0502. The third-order valence-electron chi connectivity index (χ3n) is 7.05. The van der Waals surface area contributed by atoms with Gasteiger partial charge in [0, 0.05) is 32.1 Å². The van der Waals surface area contributed by atoms with E-state index >= 15 is 0 Å². The van der Waals surface area contributed by atoms with Crippen molar-refractivity contribution >= 4 is 21.5 Å². The smallest absolute Gasteiger partial charge is 0.264 e. The second-order valence-corrected chi connectivity index (χ2v) is 11.3. The molecule has 2 heterocycles. The fourth-order valence-electron chi connectivity index (χ4n) is 4.74. The highest BCUT2D eigenvalue weighted by molar-refractivity contribution is 7.92. The Labute approximate surface area is 195 Å². The van der Waals surface area contributed by atoms with Gasteiger partial charge < -0.3 is 9.47 Å². The number of hydrogen-bond donors (Lipinski definition) is 0. The van der Waals surface area contributed by atoms with Gasteiger partial charge >= 0.3 is 0 Å². The molecular weight excluding hydrogens is 438 g/mol. The molecule has 3 aliphatic rings. The third kappa shape index (κ3) is 4.66. The number of nitrogens with zero attached hydrogens (tertiary/aromatic N) is 1. The molecule has 6 nitrogen and oxygen atoms in total. The zero-order valence-electron chi connectivity index (χ0n) is 19.0. The molecule has 5 rings (SSSR count). The predicted octanol–water partition coefficient (Wildman–Crippen LogP) is 4.61. The molecule has 0 spiro atoms. The molecule has 176 valence electrons. The van der Waals surface area contributed by atoms with Crippen molar-refractivity contribution < 1.29 is 22.7 Å². The Morgan fingerprint density at radius 2 is 1.73 bits per heavy atom. The lowest BCUT2D eigenvalue weighted by atomic mass is 9.87. The summed E-state index contributed by atoms with van der Waals surface area (Å²) in [5.41, 5.74) is 2.20. The van der Waals surface area contributed by atoms with Crippen LogP contribution in [0.4, 0.5) is 5.69 Å². The molecule has 1 saturated heterocycles. The van der Waals surface area contributed by atoms with Gasteiger partial charge in [0.15, 0.2) is 5.78 Å². The number of Topliss-reactive ketones (excluding diaryl/α,β-unsaturated/α-hetero) is 1. The zero-order chi connectivity index (χ0) is 23.0. The Bertz CT molecular complexity index is 1120. The van der Waals surface area contributed by atoms with Crippen molar-refractivity contribution in [2.45, 2.75) is 56.4 Å². The number of anilines is 1. The SMILES string of the molecule is CCc1ccc(N(CC2CC2)S(=O)(=O)c2ccc3c(c2)C(=O)CC(C2CCOCC2)O3)cc1. The summed E-state index contributed by atoms with van der Waals surface area (Å²) < 4.78 is 40.5. The molecule has 1 atom stereocenters. The fraction of sp³-hybridized carbons (Fsp3) is 0.500. The molecule has 0 bridgehead atoms. The number of sulfonamides is 1. The molecule has 7 heteroatoms. The topological polar surface area (TPSA) is 72.9 Å². The Morgan fingerprint density at radius 1 is 1.00 bits per heavy atom. The minimum Gasteiger partial charge on any atom is -0.489 e. The van der Waals surface area contributed by atoms with Crippen molar-refractivity contribution in [2.75, 3.05) is 24.1 Å². The highest BCUT2D eigenvalue weighted by atomic mass is 32.2. The maximum Gasteiger partial charge on any atom is 0.264 e. The van der Waals surface area contributed by atoms with E-state index in [0.717, 1.165) is 37.7 Å². The van der Waals surface area contributed by atoms with Crippen LogP contribution >= 0.6 is 0 Å². The van der Waals surface area contributed by atoms with Gasteiger partial charge in [0.25, 0.3) is 10.0 Å². The Balaban J connectivity index is 1.43. The number of carbonyl (C=O) groups excluding carboxylic acids is 1. The molecule has 0 radical (unpaired) electrons. The molecule has 1 saturated carbocycles. The van der Waals surface area contributed by atoms with Gasteiger partial charge in [-0.1, -0.05) is 19.1 Å². The van der Waals surface area contributed by atoms with Crippen LogP contribution < -0.4 is 9.04 Å². The Hall–Kier alpha value is -2.38. The van der Waals surface area contributed by atoms with Gasteiger partial charge in [-0.2, -0.15) is 0 Å². The van der Waals surface area contributed by atoms with Gasteiger partial charge in [0.1, 0.15) is 11.9 Å². The van der Waals surface area contributed by atoms with Gasteiger partial charge in [-0.15, -0.1) is 0 Å². The maximum absolute atomic E-state index is 13.7. The molecule has 0 N–H and O–H groups in total. The van der Waals surface area contributed by atoms with Crippen LogP contribution in [0.1, 0.15) is 54.9 Å². The van der Waals surface area contributed by atoms with Crippen LogP contribution in [0.25, 0.3) is 0 Å². The molecule has 2 fully saturated rings. The lowest BCUT2D eigenvalue weighted by Gasteiger charge is -2.34. The van der Waals surface area contributed by atoms with Crippen LogP contribution in [0.5, 0.6) is 5.75 Å². The minimum atomic E-state index is -3.81. The quantitative estimate of drug-likeness (QED) is 0.592. The summed E-state index contributed by atoms with van der Waals surface area (Å²) in [4.78, 5) is 13.1. The van der Waals surface area contributed by atoms with Crippen molar-refractivity contribution in [1.29, 1.82) is 0 Å². The van der Waals surface area contributed by atoms with Crippen molar-refractivity contribution in [3.05, 3.63) is 53.6 Å². The van der Waals surface area contributed by atoms with E-state index in [0.29, 0.717) is 48.6 Å². The number of fused-ring (bicyclic) bond motifs is 1. The summed E-state index contributed by atoms with van der Waals surface area (Å²) in [6.07, 6.45) is 4.87. The lowest BCUT2D eigenvalue weighted by molar-refractivity contribution is 0.0119. The second-order valence-electron chi connectivity index (χ2n) is 9.39. The van der Waals surface area contributed by atoms with Crippen LogP contribution in [0.3, 0.4) is 0 Å². The van der Waals surface area contributed by atoms with E-state index in [1.165, 1.54) is 10.4 Å². The first-order chi connectivity index (χ1) is 16.0. The van der Waals surface area contributed by atoms with E-state index in [-0.39, 0.29) is 23.2 Å². The van der Waals surface area contributed by atoms with Crippen LogP contribution in [0, 0.1) is 11.8 Å². The van der Waals surface area contributed by atoms with Crippen molar-refractivity contribution in [3.63, 3.8) is 0 Å². The highest BCUT2D eigenvalue weighted by Gasteiger charge is 2.36. The number of ketones is 1. The van der Waals surface area contributed by atoms with Crippen LogP contribution in [0.15, 0.2) is 47.4 Å². The Morgan fingerprint density at radius 3 is 2.39 bits per heavy atom. The largest absolute Gasteiger partial charge is 0.489 e. The highest BCUT2D eigenvalue weighted by Crippen LogP contribution is 2.37. The van der Waals surface area contributed by atoms with Crippen LogP contribution in [0.2, 0.25) is 0 Å². The van der Waals surface area contributed by atoms with Crippen LogP contribution in [-0.2, 0) is 21.2 Å². The first-order valence-electron chi connectivity index (χ1n) is 12.0. The van der Waals surface area contributed by atoms with E-state index in [9.17, 15) is 13.2 Å².